The van der Waals surface area contributed by atoms with Gasteiger partial charge in [-0.3, -0.25) is 47.9 Å². The van der Waals surface area contributed by atoms with Gasteiger partial charge in [-0.05, 0) is 44.4 Å². The summed E-state index contributed by atoms with van der Waals surface area (Å²) < 4.78 is 0. The number of carbonyl (C=O) groups excluding carboxylic acids is 7. The van der Waals surface area contributed by atoms with Gasteiger partial charge < -0.3 is 68.1 Å². The number of hydrogen-bond acceptors (Lipinski definition) is 13. The van der Waals surface area contributed by atoms with Crippen LogP contribution >= 0.6 is 0 Å². The van der Waals surface area contributed by atoms with Gasteiger partial charge in [-0.25, -0.2) is 4.79 Å². The number of likely N-dealkylation sites (tertiary alicyclic amines) is 1. The van der Waals surface area contributed by atoms with Crippen molar-refractivity contribution in [1.82, 2.24) is 36.8 Å². The van der Waals surface area contributed by atoms with E-state index in [1.165, 1.54) is 11.8 Å². The summed E-state index contributed by atoms with van der Waals surface area (Å²) in [6, 6.07) is -12.2. The Kier molecular flexibility index (Phi) is 21.6. The van der Waals surface area contributed by atoms with E-state index in [1.807, 2.05) is 5.32 Å². The van der Waals surface area contributed by atoms with Crippen molar-refractivity contribution in [3.05, 3.63) is 0 Å². The number of hydrogen-bond donors (Lipinski definition) is 12. The molecule has 1 fully saturated rings. The van der Waals surface area contributed by atoms with E-state index in [2.05, 4.69) is 26.6 Å². The molecule has 0 aromatic rings. The second kappa shape index (κ2) is 24.9. The number of carboxylic acid groups (broad SMARTS) is 4. The van der Waals surface area contributed by atoms with Crippen molar-refractivity contribution in [2.45, 2.75) is 134 Å². The van der Waals surface area contributed by atoms with Crippen LogP contribution in [0.5, 0.6) is 0 Å². The van der Waals surface area contributed by atoms with E-state index < -0.39 is 152 Å². The molecular formula is C36H58N8O16. The third-order valence-corrected chi connectivity index (χ3v) is 9.53. The molecule has 0 aliphatic carbocycles. The Morgan fingerprint density at radius 3 is 1.65 bits per heavy atom. The van der Waals surface area contributed by atoms with Crippen molar-refractivity contribution >= 4 is 65.2 Å². The molecule has 338 valence electrons. The predicted molar refractivity (Wildman–Crippen MR) is 205 cm³/mol. The average molecular weight is 859 g/mol. The lowest BCUT2D eigenvalue weighted by atomic mass is 9.97. The highest BCUT2D eigenvalue weighted by Crippen LogP contribution is 2.22. The fourth-order valence-corrected chi connectivity index (χ4v) is 6.02. The van der Waals surface area contributed by atoms with Crippen molar-refractivity contribution < 1.29 is 78.3 Å². The molecule has 1 aliphatic rings. The highest BCUT2D eigenvalue weighted by atomic mass is 16.4. The van der Waals surface area contributed by atoms with Crippen LogP contribution < -0.4 is 37.6 Å². The zero-order valence-corrected chi connectivity index (χ0v) is 34.1. The SMILES string of the molecule is CC[C@H](C)[C@H](NC(=O)[C@H](C)NC(=O)[C@H](CC(=O)O)NC(=O)[C@H](CC(=O)O)NC(=O)[C@H](CCC(=O)O)NC(=O)[C@@H](N)CC(C)C)C(=O)N1CCC[C@H]1C(=O)N[C@@H](CO)C(=O)O. The molecule has 1 heterocycles. The van der Waals surface area contributed by atoms with Gasteiger partial charge in [0.15, 0.2) is 0 Å². The fraction of sp³-hybridized carbons (Fsp3) is 0.694. The first-order chi connectivity index (χ1) is 27.9. The first-order valence-corrected chi connectivity index (χ1v) is 19.3. The van der Waals surface area contributed by atoms with E-state index >= 15 is 0 Å². The van der Waals surface area contributed by atoms with Crippen LogP contribution in [0.3, 0.4) is 0 Å². The molecule has 9 atom stereocenters. The molecule has 1 saturated heterocycles. The molecule has 0 radical (unpaired) electrons. The molecule has 13 N–H and O–H groups in total. The van der Waals surface area contributed by atoms with Gasteiger partial charge in [0.1, 0.15) is 42.3 Å². The molecule has 0 spiro atoms. The Hall–Kier alpha value is -5.91. The van der Waals surface area contributed by atoms with Gasteiger partial charge >= 0.3 is 23.9 Å². The number of nitrogens with one attached hydrogen (secondary N) is 6. The van der Waals surface area contributed by atoms with Crippen LogP contribution in [0.25, 0.3) is 0 Å². The maximum absolute atomic E-state index is 13.8. The van der Waals surface area contributed by atoms with Gasteiger partial charge in [-0.2, -0.15) is 0 Å². The first-order valence-electron chi connectivity index (χ1n) is 19.3. The number of rotatable bonds is 26. The maximum atomic E-state index is 13.8. The van der Waals surface area contributed by atoms with E-state index in [0.29, 0.717) is 12.8 Å². The van der Waals surface area contributed by atoms with Crippen LogP contribution in [0.2, 0.25) is 0 Å². The lowest BCUT2D eigenvalue weighted by Crippen LogP contribution is -2.60. The summed E-state index contributed by atoms with van der Waals surface area (Å²) in [6.07, 6.45) is -2.30. The highest BCUT2D eigenvalue weighted by molar-refractivity contribution is 5.99. The topological polar surface area (TPSA) is 390 Å². The summed E-state index contributed by atoms with van der Waals surface area (Å²) in [7, 11) is 0. The van der Waals surface area contributed by atoms with E-state index in [9.17, 15) is 73.2 Å². The number of nitrogens with two attached hydrogens (primary N) is 1. The van der Waals surface area contributed by atoms with E-state index in [1.54, 1.807) is 27.7 Å². The van der Waals surface area contributed by atoms with Crippen molar-refractivity contribution in [3.63, 3.8) is 0 Å². The Balaban J connectivity index is 3.22. The smallest absolute Gasteiger partial charge is 0.328 e. The Morgan fingerprint density at radius 1 is 0.667 bits per heavy atom. The quantitative estimate of drug-likeness (QED) is 0.0397. The molecule has 60 heavy (non-hydrogen) atoms. The fourth-order valence-electron chi connectivity index (χ4n) is 6.02. The summed E-state index contributed by atoms with van der Waals surface area (Å²) in [5, 5.41) is 60.0. The van der Waals surface area contributed by atoms with Gasteiger partial charge in [-0.15, -0.1) is 0 Å². The molecule has 0 aromatic carbocycles. The highest BCUT2D eigenvalue weighted by Gasteiger charge is 2.41. The molecule has 24 heteroatoms. The van der Waals surface area contributed by atoms with Crippen molar-refractivity contribution in [1.29, 1.82) is 0 Å². The molecular weight excluding hydrogens is 800 g/mol. The Morgan fingerprint density at radius 2 is 1.18 bits per heavy atom. The van der Waals surface area contributed by atoms with E-state index in [4.69, 9.17) is 10.8 Å². The molecule has 1 aliphatic heterocycles. The zero-order valence-electron chi connectivity index (χ0n) is 34.1. The molecule has 24 nitrogen and oxygen atoms in total. The van der Waals surface area contributed by atoms with Gasteiger partial charge in [0.2, 0.25) is 41.4 Å². The second-order valence-electron chi connectivity index (χ2n) is 14.9. The van der Waals surface area contributed by atoms with Crippen LogP contribution in [0.15, 0.2) is 0 Å². The molecule has 0 unspecified atom stereocenters. The number of aliphatic hydroxyl groups is 1. The maximum Gasteiger partial charge on any atom is 0.328 e. The summed E-state index contributed by atoms with van der Waals surface area (Å²) in [6.45, 7) is 7.23. The Labute approximate surface area is 345 Å². The first kappa shape index (κ1) is 52.1. The number of aliphatic hydroxyl groups excluding tert-OH is 1. The van der Waals surface area contributed by atoms with E-state index in [0.717, 1.165) is 0 Å². The van der Waals surface area contributed by atoms with Crippen LogP contribution in [0, 0.1) is 11.8 Å². The number of carbonyl (C=O) groups is 11. The number of nitrogens with zero attached hydrogens (tertiary/aromatic N) is 1. The van der Waals surface area contributed by atoms with Gasteiger partial charge in [0.05, 0.1) is 25.5 Å². The minimum Gasteiger partial charge on any atom is -0.481 e. The predicted octanol–water partition coefficient (Wildman–Crippen LogP) is -3.78. The largest absolute Gasteiger partial charge is 0.481 e. The third-order valence-electron chi connectivity index (χ3n) is 9.53. The van der Waals surface area contributed by atoms with Gasteiger partial charge in [-0.1, -0.05) is 34.1 Å². The molecule has 0 aromatic heterocycles. The lowest BCUT2D eigenvalue weighted by molar-refractivity contribution is -0.146. The van der Waals surface area contributed by atoms with Crippen LogP contribution in [-0.4, -0.2) is 157 Å². The number of aliphatic carboxylic acids is 4. The van der Waals surface area contributed by atoms with Gasteiger partial charge in [0, 0.05) is 13.0 Å². The molecule has 0 bridgehead atoms. The third kappa shape index (κ3) is 17.1. The number of carboxylic acids is 4. The van der Waals surface area contributed by atoms with E-state index in [-0.39, 0.29) is 25.3 Å². The van der Waals surface area contributed by atoms with Crippen molar-refractivity contribution in [2.24, 2.45) is 17.6 Å². The average Bonchev–Trinajstić information content (AvgIpc) is 3.65. The monoisotopic (exact) mass is 858 g/mol. The standard InChI is InChI=1S/C36H58N8O16/c1-6-17(4)28(35(58)44-11-7-8-24(44)34(57)42-23(15-45)36(59)60)43-29(52)18(5)38-32(55)21(13-26(48)49)41-33(56)22(14-27(50)51)40-31(54)20(9-10-25(46)47)39-30(53)19(37)12-16(2)3/h16-24,28,45H,6-15,37H2,1-5H3,(H,38,55)(H,39,53)(H,40,54)(H,41,56)(H,42,57)(H,43,52)(H,46,47)(H,48,49)(H,50,51)(H,59,60)/t17-,18-,19-,20-,21-,22-,23-,24-,28-/m0/s1. The normalized spacial score (nSPS) is 17.6. The zero-order chi connectivity index (χ0) is 46.0. The summed E-state index contributed by atoms with van der Waals surface area (Å²) in [5.74, 6) is -13.8. The lowest BCUT2D eigenvalue weighted by Gasteiger charge is -2.32. The number of amides is 7. The van der Waals surface area contributed by atoms with Gasteiger partial charge in [0.25, 0.3) is 0 Å². The summed E-state index contributed by atoms with van der Waals surface area (Å²) in [5.41, 5.74) is 5.87. The van der Waals surface area contributed by atoms with Crippen LogP contribution in [-0.2, 0) is 52.7 Å². The molecule has 7 amide bonds. The summed E-state index contributed by atoms with van der Waals surface area (Å²) >= 11 is 0. The molecule has 1 rings (SSSR count). The van der Waals surface area contributed by atoms with Crippen LogP contribution in [0.4, 0.5) is 0 Å². The summed E-state index contributed by atoms with van der Waals surface area (Å²) in [4.78, 5) is 140. The second-order valence-corrected chi connectivity index (χ2v) is 14.9. The van der Waals surface area contributed by atoms with Crippen molar-refractivity contribution in [2.75, 3.05) is 13.2 Å². The minimum absolute atomic E-state index is 0.0365. The molecule has 0 saturated carbocycles. The van der Waals surface area contributed by atoms with Crippen molar-refractivity contribution in [3.8, 4) is 0 Å². The minimum atomic E-state index is -1.99. The van der Waals surface area contributed by atoms with Crippen LogP contribution in [0.1, 0.15) is 86.0 Å². The Bertz CT molecular complexity index is 1610.